The summed E-state index contributed by atoms with van der Waals surface area (Å²) in [5.74, 6) is -1.43. The maximum atomic E-state index is 12.7. The number of carboxylic acids is 1. The molecule has 0 aromatic heterocycles. The number of fused-ring (bicyclic) bond motifs is 1. The highest BCUT2D eigenvalue weighted by molar-refractivity contribution is 6.00. The molecule has 1 aromatic rings. The van der Waals surface area contributed by atoms with Crippen LogP contribution in [0.2, 0.25) is 0 Å². The fourth-order valence-corrected chi connectivity index (χ4v) is 2.51. The largest absolute Gasteiger partial charge is 0.550 e. The van der Waals surface area contributed by atoms with Gasteiger partial charge in [0.05, 0.1) is 6.04 Å². The molecule has 2 rings (SSSR count). The van der Waals surface area contributed by atoms with Crippen LogP contribution in [-0.4, -0.2) is 24.5 Å². The van der Waals surface area contributed by atoms with E-state index in [1.54, 1.807) is 4.90 Å². The molecule has 0 bridgehead atoms. The molecule has 0 aliphatic carbocycles. The number of hydrogen-bond donors (Lipinski definition) is 1. The van der Waals surface area contributed by atoms with Gasteiger partial charge in [-0.2, -0.15) is 0 Å². The van der Waals surface area contributed by atoms with Gasteiger partial charge in [-0.05, 0) is 17.0 Å². The number of anilines is 1. The van der Waals surface area contributed by atoms with Crippen LogP contribution >= 0.6 is 0 Å². The number of para-hydroxylation sites is 1. The molecule has 1 atom stereocenters. The van der Waals surface area contributed by atoms with Crippen molar-refractivity contribution in [2.75, 3.05) is 11.4 Å². The Morgan fingerprint density at radius 2 is 2.05 bits per heavy atom. The van der Waals surface area contributed by atoms with Gasteiger partial charge in [0.1, 0.15) is 0 Å². The second-order valence-electron chi connectivity index (χ2n) is 6.62. The number of hydrogen-bond acceptors (Lipinski definition) is 4. The Balaban J connectivity index is 2.38. The molecule has 0 saturated heterocycles. The van der Waals surface area contributed by atoms with E-state index in [0.29, 0.717) is 13.1 Å². The first kappa shape index (κ1) is 15.5. The van der Waals surface area contributed by atoms with Crippen LogP contribution in [0, 0.1) is 5.41 Å². The Morgan fingerprint density at radius 1 is 1.38 bits per heavy atom. The molecular formula is C16H21N2O3-. The first-order chi connectivity index (χ1) is 9.78. The van der Waals surface area contributed by atoms with Crippen LogP contribution in [0.15, 0.2) is 24.3 Å². The van der Waals surface area contributed by atoms with E-state index < -0.39 is 12.0 Å². The van der Waals surface area contributed by atoms with Gasteiger partial charge in [0.2, 0.25) is 5.91 Å². The van der Waals surface area contributed by atoms with Gasteiger partial charge < -0.3 is 20.1 Å². The molecule has 5 nitrogen and oxygen atoms in total. The summed E-state index contributed by atoms with van der Waals surface area (Å²) in [7, 11) is 0. The van der Waals surface area contributed by atoms with Crippen molar-refractivity contribution in [3.05, 3.63) is 29.8 Å². The van der Waals surface area contributed by atoms with E-state index in [9.17, 15) is 14.7 Å². The maximum absolute atomic E-state index is 12.7. The fraction of sp³-hybridized carbons (Fsp3) is 0.500. The monoisotopic (exact) mass is 289 g/mol. The van der Waals surface area contributed by atoms with Gasteiger partial charge in [-0.25, -0.2) is 0 Å². The van der Waals surface area contributed by atoms with Crippen molar-refractivity contribution in [1.29, 1.82) is 0 Å². The van der Waals surface area contributed by atoms with E-state index in [2.05, 4.69) is 26.1 Å². The zero-order valence-corrected chi connectivity index (χ0v) is 12.7. The van der Waals surface area contributed by atoms with E-state index >= 15 is 0 Å². The molecule has 1 N–H and O–H groups in total. The zero-order chi connectivity index (χ0) is 15.6. The highest BCUT2D eigenvalue weighted by Gasteiger charge is 2.32. The summed E-state index contributed by atoms with van der Waals surface area (Å²) in [4.78, 5) is 25.3. The SMILES string of the molecule is CC(C)(C)CN1C(=O)C(CC(=O)[O-])NCc2ccccc21. The van der Waals surface area contributed by atoms with E-state index in [1.165, 1.54) is 0 Å². The summed E-state index contributed by atoms with van der Waals surface area (Å²) in [6.45, 7) is 7.16. The van der Waals surface area contributed by atoms with Crippen molar-refractivity contribution in [3.8, 4) is 0 Å². The minimum Gasteiger partial charge on any atom is -0.550 e. The Hall–Kier alpha value is -1.88. The molecule has 0 radical (unpaired) electrons. The number of rotatable bonds is 3. The number of benzene rings is 1. The topological polar surface area (TPSA) is 72.5 Å². The highest BCUT2D eigenvalue weighted by Crippen LogP contribution is 2.28. The van der Waals surface area contributed by atoms with Gasteiger partial charge in [-0.3, -0.25) is 4.79 Å². The van der Waals surface area contributed by atoms with E-state index in [-0.39, 0.29) is 17.7 Å². The van der Waals surface area contributed by atoms with Crippen molar-refractivity contribution in [2.24, 2.45) is 5.41 Å². The lowest BCUT2D eigenvalue weighted by atomic mass is 9.95. The van der Waals surface area contributed by atoms with E-state index in [1.807, 2.05) is 24.3 Å². The second-order valence-corrected chi connectivity index (χ2v) is 6.62. The molecule has 114 valence electrons. The van der Waals surface area contributed by atoms with Crippen LogP contribution in [0.5, 0.6) is 0 Å². The minimum atomic E-state index is -1.22. The molecule has 0 fully saturated rings. The van der Waals surface area contributed by atoms with Crippen molar-refractivity contribution >= 4 is 17.6 Å². The quantitative estimate of drug-likeness (QED) is 0.888. The van der Waals surface area contributed by atoms with Crippen molar-refractivity contribution in [2.45, 2.75) is 39.8 Å². The molecule has 0 spiro atoms. The van der Waals surface area contributed by atoms with Crippen LogP contribution in [-0.2, 0) is 16.1 Å². The van der Waals surface area contributed by atoms with Crippen LogP contribution in [0.25, 0.3) is 0 Å². The van der Waals surface area contributed by atoms with E-state index in [4.69, 9.17) is 0 Å². The Kier molecular flexibility index (Phi) is 4.32. The van der Waals surface area contributed by atoms with Crippen LogP contribution in [0.4, 0.5) is 5.69 Å². The molecule has 1 aliphatic rings. The lowest BCUT2D eigenvalue weighted by molar-refractivity contribution is -0.306. The summed E-state index contributed by atoms with van der Waals surface area (Å²) in [5, 5.41) is 13.9. The Morgan fingerprint density at radius 3 is 2.67 bits per heavy atom. The molecular weight excluding hydrogens is 268 g/mol. The third-order valence-corrected chi connectivity index (χ3v) is 3.39. The van der Waals surface area contributed by atoms with Gasteiger partial charge in [-0.1, -0.05) is 39.0 Å². The second kappa shape index (κ2) is 5.85. The number of aliphatic carboxylic acids is 1. The average Bonchev–Trinajstić information content (AvgIpc) is 2.49. The predicted octanol–water partition coefficient (Wildman–Crippen LogP) is 0.678. The first-order valence-electron chi connectivity index (χ1n) is 7.10. The Bertz CT molecular complexity index is 549. The maximum Gasteiger partial charge on any atom is 0.244 e. The molecule has 1 amide bonds. The van der Waals surface area contributed by atoms with Crippen LogP contribution in [0.1, 0.15) is 32.8 Å². The lowest BCUT2D eigenvalue weighted by Crippen LogP contribution is -2.49. The van der Waals surface area contributed by atoms with Crippen LogP contribution < -0.4 is 15.3 Å². The Labute approximate surface area is 125 Å². The molecule has 1 aromatic carbocycles. The van der Waals surface area contributed by atoms with Gasteiger partial charge in [-0.15, -0.1) is 0 Å². The summed E-state index contributed by atoms with van der Waals surface area (Å²) >= 11 is 0. The summed E-state index contributed by atoms with van der Waals surface area (Å²) in [6, 6.07) is 6.92. The molecule has 1 unspecified atom stereocenters. The fourth-order valence-electron chi connectivity index (χ4n) is 2.51. The highest BCUT2D eigenvalue weighted by atomic mass is 16.4. The number of nitrogens with one attached hydrogen (secondary N) is 1. The number of amides is 1. The molecule has 0 saturated carbocycles. The van der Waals surface area contributed by atoms with Gasteiger partial charge in [0.15, 0.2) is 0 Å². The first-order valence-corrected chi connectivity index (χ1v) is 7.10. The minimum absolute atomic E-state index is 0.0842. The molecule has 21 heavy (non-hydrogen) atoms. The summed E-state index contributed by atoms with van der Waals surface area (Å²) in [6.07, 6.45) is -0.312. The number of nitrogens with zero attached hydrogens (tertiary/aromatic N) is 1. The van der Waals surface area contributed by atoms with Crippen molar-refractivity contribution in [3.63, 3.8) is 0 Å². The third kappa shape index (κ3) is 3.82. The van der Waals surface area contributed by atoms with Gasteiger partial charge in [0, 0.05) is 31.2 Å². The molecule has 1 heterocycles. The zero-order valence-electron chi connectivity index (χ0n) is 12.7. The number of carbonyl (C=O) groups is 2. The smallest absolute Gasteiger partial charge is 0.244 e. The summed E-state index contributed by atoms with van der Waals surface area (Å²) in [5.41, 5.74) is 1.76. The average molecular weight is 289 g/mol. The summed E-state index contributed by atoms with van der Waals surface area (Å²) < 4.78 is 0. The van der Waals surface area contributed by atoms with E-state index in [0.717, 1.165) is 11.3 Å². The third-order valence-electron chi connectivity index (χ3n) is 3.39. The normalized spacial score (nSPS) is 19.1. The number of carboxylic acid groups (broad SMARTS) is 1. The van der Waals surface area contributed by atoms with Crippen molar-refractivity contribution < 1.29 is 14.7 Å². The predicted molar refractivity (Wildman–Crippen MR) is 78.5 cm³/mol. The van der Waals surface area contributed by atoms with Crippen LogP contribution in [0.3, 0.4) is 0 Å². The van der Waals surface area contributed by atoms with Gasteiger partial charge >= 0.3 is 0 Å². The van der Waals surface area contributed by atoms with Crippen molar-refractivity contribution in [1.82, 2.24) is 5.32 Å². The molecule has 5 heteroatoms. The lowest BCUT2D eigenvalue weighted by Gasteiger charge is -2.32. The van der Waals surface area contributed by atoms with Gasteiger partial charge in [0.25, 0.3) is 0 Å². The standard InChI is InChI=1S/C16H22N2O3/c1-16(2,3)10-18-13-7-5-4-6-11(13)9-17-12(15(18)21)8-14(19)20/h4-7,12,17H,8-10H2,1-3H3,(H,19,20)/p-1. The number of carbonyl (C=O) groups excluding carboxylic acids is 2. The molecule has 1 aliphatic heterocycles.